The van der Waals surface area contributed by atoms with Crippen molar-refractivity contribution in [3.05, 3.63) is 23.8 Å². The summed E-state index contributed by atoms with van der Waals surface area (Å²) in [5.41, 5.74) is 1.06. The topological polar surface area (TPSA) is 88.2 Å². The molecule has 3 rings (SSSR count). The van der Waals surface area contributed by atoms with Gasteiger partial charge >= 0.3 is 6.03 Å². The molecule has 1 aromatic rings. The van der Waals surface area contributed by atoms with Gasteiger partial charge in [0.05, 0.1) is 0 Å². The summed E-state index contributed by atoms with van der Waals surface area (Å²) in [6, 6.07) is 5.42. The van der Waals surface area contributed by atoms with Gasteiger partial charge in [-0.15, -0.1) is 0 Å². The molecule has 0 unspecified atom stereocenters. The average molecular weight is 347 g/mol. The molecule has 0 saturated carbocycles. The van der Waals surface area contributed by atoms with E-state index in [2.05, 4.69) is 5.32 Å². The van der Waals surface area contributed by atoms with Crippen LogP contribution in [0.4, 0.5) is 4.79 Å². The van der Waals surface area contributed by atoms with Gasteiger partial charge in [0.2, 0.25) is 18.6 Å². The number of likely N-dealkylation sites (N-methyl/N-ethyl adjacent to an activating group) is 1. The maximum Gasteiger partial charge on any atom is 0.326 e. The minimum Gasteiger partial charge on any atom is -0.454 e. The first kappa shape index (κ1) is 17.1. The maximum absolute atomic E-state index is 11.9. The van der Waals surface area contributed by atoms with Gasteiger partial charge in [0.15, 0.2) is 11.5 Å². The van der Waals surface area contributed by atoms with Gasteiger partial charge in [-0.3, -0.25) is 14.5 Å². The molecular weight excluding hydrogens is 326 g/mol. The lowest BCUT2D eigenvalue weighted by atomic mass is 10.1. The van der Waals surface area contributed by atoms with Crippen LogP contribution < -0.4 is 14.8 Å². The third kappa shape index (κ3) is 4.01. The number of nitrogens with zero attached hydrogens (tertiary/aromatic N) is 2. The van der Waals surface area contributed by atoms with Gasteiger partial charge in [0.25, 0.3) is 0 Å². The highest BCUT2D eigenvalue weighted by molar-refractivity contribution is 6.01. The lowest BCUT2D eigenvalue weighted by Gasteiger charge is -2.13. The number of carbonyl (C=O) groups is 3. The molecule has 2 aliphatic rings. The van der Waals surface area contributed by atoms with E-state index in [9.17, 15) is 14.4 Å². The highest BCUT2D eigenvalue weighted by Gasteiger charge is 2.32. The molecule has 8 nitrogen and oxygen atoms in total. The minimum absolute atomic E-state index is 0.0896. The molecule has 2 aliphatic heterocycles. The summed E-state index contributed by atoms with van der Waals surface area (Å²) in [5, 5.41) is 2.85. The Kier molecular flexibility index (Phi) is 5.06. The molecule has 25 heavy (non-hydrogen) atoms. The molecule has 2 heterocycles. The van der Waals surface area contributed by atoms with Crippen molar-refractivity contribution in [3.8, 4) is 11.5 Å². The molecule has 1 N–H and O–H groups in total. The Labute approximate surface area is 145 Å². The van der Waals surface area contributed by atoms with E-state index in [0.29, 0.717) is 19.4 Å². The fourth-order valence-electron chi connectivity index (χ4n) is 2.82. The third-order valence-electron chi connectivity index (χ3n) is 4.19. The number of hydrogen-bond acceptors (Lipinski definition) is 5. The number of benzene rings is 1. The SMILES string of the molecule is CN1CC(=O)N(CCCC(=O)NCCc2ccc3c(c2)OCO3)C1=O. The van der Waals surface area contributed by atoms with E-state index >= 15 is 0 Å². The van der Waals surface area contributed by atoms with Gasteiger partial charge in [0.1, 0.15) is 6.54 Å². The Balaban J connectivity index is 1.34. The predicted molar refractivity (Wildman–Crippen MR) is 88.3 cm³/mol. The van der Waals surface area contributed by atoms with Crippen LogP contribution in [0.5, 0.6) is 11.5 Å². The van der Waals surface area contributed by atoms with Crippen LogP contribution in [0, 0.1) is 0 Å². The van der Waals surface area contributed by atoms with Crippen LogP contribution in [0.15, 0.2) is 18.2 Å². The number of nitrogens with one attached hydrogen (secondary N) is 1. The number of carbonyl (C=O) groups excluding carboxylic acids is 3. The number of imide groups is 1. The van der Waals surface area contributed by atoms with Gasteiger partial charge in [0, 0.05) is 26.6 Å². The fourth-order valence-corrected chi connectivity index (χ4v) is 2.82. The van der Waals surface area contributed by atoms with E-state index in [1.165, 1.54) is 9.80 Å². The molecule has 1 saturated heterocycles. The van der Waals surface area contributed by atoms with Gasteiger partial charge in [-0.1, -0.05) is 6.07 Å². The zero-order valence-corrected chi connectivity index (χ0v) is 14.1. The van der Waals surface area contributed by atoms with Gasteiger partial charge < -0.3 is 19.7 Å². The number of fused-ring (bicyclic) bond motifs is 1. The Morgan fingerprint density at radius 1 is 1.24 bits per heavy atom. The van der Waals surface area contributed by atoms with Crippen molar-refractivity contribution in [1.82, 2.24) is 15.1 Å². The maximum atomic E-state index is 11.9. The number of amides is 4. The lowest BCUT2D eigenvalue weighted by Crippen LogP contribution is -2.33. The van der Waals surface area contributed by atoms with Crippen LogP contribution in [0.1, 0.15) is 18.4 Å². The molecule has 0 aliphatic carbocycles. The van der Waals surface area contributed by atoms with Crippen LogP contribution in [0.3, 0.4) is 0 Å². The molecule has 0 aromatic heterocycles. The van der Waals surface area contributed by atoms with Gasteiger partial charge in [-0.25, -0.2) is 4.79 Å². The van der Waals surface area contributed by atoms with E-state index in [1.807, 2.05) is 18.2 Å². The van der Waals surface area contributed by atoms with Crippen LogP contribution in [-0.2, 0) is 16.0 Å². The quantitative estimate of drug-likeness (QED) is 0.735. The zero-order valence-electron chi connectivity index (χ0n) is 14.1. The standard InChI is InChI=1S/C17H21N3O5/c1-19-10-16(22)20(17(19)23)8-2-3-15(21)18-7-6-12-4-5-13-14(9-12)25-11-24-13/h4-5,9H,2-3,6-8,10-11H2,1H3,(H,18,21). The largest absolute Gasteiger partial charge is 0.454 e. The van der Waals surface area contributed by atoms with E-state index in [0.717, 1.165) is 17.1 Å². The van der Waals surface area contributed by atoms with Crippen molar-refractivity contribution in [2.45, 2.75) is 19.3 Å². The van der Waals surface area contributed by atoms with Gasteiger partial charge in [-0.05, 0) is 30.5 Å². The third-order valence-corrected chi connectivity index (χ3v) is 4.19. The highest BCUT2D eigenvalue weighted by atomic mass is 16.7. The summed E-state index contributed by atoms with van der Waals surface area (Å²) in [6.07, 6.45) is 1.43. The van der Waals surface area contributed by atoms with E-state index in [4.69, 9.17) is 9.47 Å². The van der Waals surface area contributed by atoms with Crippen LogP contribution in [-0.4, -0.2) is 61.1 Å². The van der Waals surface area contributed by atoms with E-state index in [1.54, 1.807) is 7.05 Å². The summed E-state index contributed by atoms with van der Waals surface area (Å²) in [7, 11) is 1.59. The molecule has 4 amide bonds. The predicted octanol–water partition coefficient (Wildman–Crippen LogP) is 0.748. The molecule has 0 spiro atoms. The monoisotopic (exact) mass is 347 g/mol. The Bertz CT molecular complexity index is 691. The lowest BCUT2D eigenvalue weighted by molar-refractivity contribution is -0.126. The first-order chi connectivity index (χ1) is 12.0. The van der Waals surface area contributed by atoms with E-state index in [-0.39, 0.29) is 44.1 Å². The van der Waals surface area contributed by atoms with Crippen molar-refractivity contribution in [1.29, 1.82) is 0 Å². The van der Waals surface area contributed by atoms with Crippen LogP contribution in [0.2, 0.25) is 0 Å². The fraction of sp³-hybridized carbons (Fsp3) is 0.471. The first-order valence-electron chi connectivity index (χ1n) is 8.25. The second-order valence-corrected chi connectivity index (χ2v) is 6.08. The molecule has 1 aromatic carbocycles. The van der Waals surface area contributed by atoms with Crippen molar-refractivity contribution in [2.24, 2.45) is 0 Å². The smallest absolute Gasteiger partial charge is 0.326 e. The Hall–Kier alpha value is -2.77. The van der Waals surface area contributed by atoms with Crippen molar-refractivity contribution >= 4 is 17.8 Å². The van der Waals surface area contributed by atoms with Gasteiger partial charge in [-0.2, -0.15) is 0 Å². The second kappa shape index (κ2) is 7.42. The molecule has 0 atom stereocenters. The molecule has 1 fully saturated rings. The minimum atomic E-state index is -0.298. The Morgan fingerprint density at radius 3 is 2.80 bits per heavy atom. The van der Waals surface area contributed by atoms with Crippen molar-refractivity contribution in [2.75, 3.05) is 33.5 Å². The number of urea groups is 1. The van der Waals surface area contributed by atoms with Crippen molar-refractivity contribution in [3.63, 3.8) is 0 Å². The second-order valence-electron chi connectivity index (χ2n) is 6.08. The average Bonchev–Trinajstić information content (AvgIpc) is 3.14. The summed E-state index contributed by atoms with van der Waals surface area (Å²) < 4.78 is 10.6. The summed E-state index contributed by atoms with van der Waals surface area (Å²) in [6.45, 7) is 1.15. The van der Waals surface area contributed by atoms with Crippen LogP contribution >= 0.6 is 0 Å². The number of rotatable bonds is 7. The Morgan fingerprint density at radius 2 is 2.04 bits per heavy atom. The first-order valence-corrected chi connectivity index (χ1v) is 8.25. The highest BCUT2D eigenvalue weighted by Crippen LogP contribution is 2.32. The normalized spacial score (nSPS) is 15.9. The van der Waals surface area contributed by atoms with Crippen LogP contribution in [0.25, 0.3) is 0 Å². The summed E-state index contributed by atoms with van der Waals surface area (Å²) >= 11 is 0. The molecule has 0 radical (unpaired) electrons. The summed E-state index contributed by atoms with van der Waals surface area (Å²) in [4.78, 5) is 37.8. The number of ether oxygens (including phenoxy) is 2. The van der Waals surface area contributed by atoms with E-state index < -0.39 is 0 Å². The number of hydrogen-bond donors (Lipinski definition) is 1. The molecule has 8 heteroatoms. The van der Waals surface area contributed by atoms with Crippen molar-refractivity contribution < 1.29 is 23.9 Å². The molecular formula is C17H21N3O5. The summed E-state index contributed by atoms with van der Waals surface area (Å²) in [5.74, 6) is 1.17. The molecule has 134 valence electrons. The molecule has 0 bridgehead atoms. The zero-order chi connectivity index (χ0) is 17.8.